The molecule has 0 saturated heterocycles. The highest BCUT2D eigenvalue weighted by molar-refractivity contribution is 5.75. The van der Waals surface area contributed by atoms with Crippen molar-refractivity contribution in [2.45, 2.75) is 50.5 Å². The van der Waals surface area contributed by atoms with Gasteiger partial charge in [-0.3, -0.25) is 9.69 Å². The molecule has 3 N–H and O–H groups in total. The van der Waals surface area contributed by atoms with Crippen molar-refractivity contribution in [3.05, 3.63) is 35.9 Å². The van der Waals surface area contributed by atoms with Crippen LogP contribution < -0.4 is 10.6 Å². The number of hydrogen-bond donors (Lipinski definition) is 3. The lowest BCUT2D eigenvalue weighted by molar-refractivity contribution is -0.152. The second-order valence-electron chi connectivity index (χ2n) is 6.68. The fourth-order valence-electron chi connectivity index (χ4n) is 3.16. The molecule has 0 aromatic heterocycles. The van der Waals surface area contributed by atoms with Gasteiger partial charge in [0.25, 0.3) is 0 Å². The van der Waals surface area contributed by atoms with Crippen LogP contribution in [0.4, 0.5) is 18.0 Å². The summed E-state index contributed by atoms with van der Waals surface area (Å²) in [6.07, 6.45) is -3.86. The highest BCUT2D eigenvalue weighted by atomic mass is 19.4. The number of halogens is 3. The molecule has 1 atom stereocenters. The van der Waals surface area contributed by atoms with Gasteiger partial charge in [0, 0.05) is 18.5 Å². The van der Waals surface area contributed by atoms with Gasteiger partial charge in [-0.25, -0.2) is 4.79 Å². The van der Waals surface area contributed by atoms with Crippen LogP contribution in [0.2, 0.25) is 0 Å². The van der Waals surface area contributed by atoms with Crippen molar-refractivity contribution in [1.82, 2.24) is 15.5 Å². The van der Waals surface area contributed by atoms with E-state index in [1.165, 1.54) is 0 Å². The van der Waals surface area contributed by atoms with Crippen molar-refractivity contribution in [2.75, 3.05) is 13.1 Å². The van der Waals surface area contributed by atoms with Crippen LogP contribution in [0.15, 0.2) is 30.3 Å². The predicted octanol–water partition coefficient (Wildman–Crippen LogP) is 2.40. The molecule has 27 heavy (non-hydrogen) atoms. The zero-order valence-electron chi connectivity index (χ0n) is 15.0. The molecule has 1 saturated carbocycles. The Morgan fingerprint density at radius 3 is 2.41 bits per heavy atom. The average molecular weight is 387 g/mol. The second kappa shape index (κ2) is 9.07. The second-order valence-corrected chi connectivity index (χ2v) is 6.68. The molecule has 0 aliphatic heterocycles. The van der Waals surface area contributed by atoms with E-state index >= 15 is 0 Å². The van der Waals surface area contributed by atoms with Crippen LogP contribution in [-0.4, -0.2) is 59.4 Å². The van der Waals surface area contributed by atoms with E-state index in [0.717, 1.165) is 0 Å². The molecule has 0 bridgehead atoms. The fraction of sp³-hybridized carbons (Fsp3) is 0.556. The van der Waals surface area contributed by atoms with Gasteiger partial charge in [0.2, 0.25) is 0 Å². The van der Waals surface area contributed by atoms with Crippen molar-refractivity contribution in [2.24, 2.45) is 0 Å². The number of carboxylic acid groups (broad SMARTS) is 1. The summed E-state index contributed by atoms with van der Waals surface area (Å²) in [6, 6.07) is 5.08. The van der Waals surface area contributed by atoms with Crippen molar-refractivity contribution in [1.29, 1.82) is 0 Å². The number of nitrogens with zero attached hydrogens (tertiary/aromatic N) is 1. The number of carboxylic acids is 1. The zero-order chi connectivity index (χ0) is 20.0. The minimum atomic E-state index is -4.56. The molecule has 6 nitrogen and oxygen atoms in total. The maximum atomic E-state index is 13.2. The van der Waals surface area contributed by atoms with Gasteiger partial charge in [0.1, 0.15) is 6.04 Å². The minimum Gasteiger partial charge on any atom is -0.480 e. The van der Waals surface area contributed by atoms with E-state index in [-0.39, 0.29) is 25.0 Å². The van der Waals surface area contributed by atoms with Crippen LogP contribution in [0, 0.1) is 0 Å². The van der Waals surface area contributed by atoms with Crippen LogP contribution in [-0.2, 0) is 11.2 Å². The Bertz CT molecular complexity index is 634. The summed E-state index contributed by atoms with van der Waals surface area (Å²) in [5.41, 5.74) is 0.482. The van der Waals surface area contributed by atoms with Crippen molar-refractivity contribution < 1.29 is 27.9 Å². The number of rotatable bonds is 8. The Kier molecular flexibility index (Phi) is 7.06. The first-order valence-electron chi connectivity index (χ1n) is 8.82. The Hall–Kier alpha value is -2.29. The Morgan fingerprint density at radius 2 is 1.89 bits per heavy atom. The van der Waals surface area contributed by atoms with E-state index in [2.05, 4.69) is 5.32 Å². The highest BCUT2D eigenvalue weighted by Gasteiger charge is 2.41. The van der Waals surface area contributed by atoms with Gasteiger partial charge in [0.15, 0.2) is 0 Å². The fourth-order valence-corrected chi connectivity index (χ4v) is 3.16. The van der Waals surface area contributed by atoms with E-state index in [1.807, 2.05) is 12.2 Å². The summed E-state index contributed by atoms with van der Waals surface area (Å²) < 4.78 is 39.7. The molecule has 0 heterocycles. The number of likely N-dealkylation sites (N-methyl/N-ethyl adjacent to an activating group) is 1. The number of nitrogens with one attached hydrogen (secondary N) is 2. The lowest BCUT2D eigenvalue weighted by Gasteiger charge is -2.42. The standard InChI is InChI=1S/C18H24F3N3O3/c1-2-24(11-16(25)26)14-9-13(10-14)22-17(27)23-15(18(19,20)21)8-12-6-4-3-5-7-12/h3-7,13-15H,2,8-11H2,1H3,(H,25,26)(H2,22,23,27). The summed E-state index contributed by atoms with van der Waals surface area (Å²) in [6.45, 7) is 2.31. The molecular formula is C18H24F3N3O3. The Morgan fingerprint density at radius 1 is 1.26 bits per heavy atom. The molecular weight excluding hydrogens is 363 g/mol. The topological polar surface area (TPSA) is 81.7 Å². The number of aliphatic carboxylic acids is 1. The average Bonchev–Trinajstić information content (AvgIpc) is 2.55. The number of urea groups is 1. The van der Waals surface area contributed by atoms with Crippen molar-refractivity contribution >= 4 is 12.0 Å². The van der Waals surface area contributed by atoms with Crippen LogP contribution in [0.3, 0.4) is 0 Å². The van der Waals surface area contributed by atoms with Gasteiger partial charge in [-0.2, -0.15) is 13.2 Å². The lowest BCUT2D eigenvalue weighted by atomic mass is 9.85. The first kappa shape index (κ1) is 21.0. The van der Waals surface area contributed by atoms with E-state index in [4.69, 9.17) is 5.11 Å². The largest absolute Gasteiger partial charge is 0.480 e. The van der Waals surface area contributed by atoms with E-state index in [9.17, 15) is 22.8 Å². The number of benzene rings is 1. The number of carbonyl (C=O) groups excluding carboxylic acids is 1. The van der Waals surface area contributed by atoms with Crippen molar-refractivity contribution in [3.63, 3.8) is 0 Å². The van der Waals surface area contributed by atoms with E-state index in [0.29, 0.717) is 24.9 Å². The maximum Gasteiger partial charge on any atom is 0.408 e. The van der Waals surface area contributed by atoms with E-state index < -0.39 is 24.2 Å². The van der Waals surface area contributed by atoms with Gasteiger partial charge in [-0.1, -0.05) is 37.3 Å². The first-order valence-corrected chi connectivity index (χ1v) is 8.82. The quantitative estimate of drug-likeness (QED) is 0.640. The molecule has 150 valence electrons. The molecule has 1 aliphatic rings. The monoisotopic (exact) mass is 387 g/mol. The molecule has 1 aliphatic carbocycles. The van der Waals surface area contributed by atoms with Gasteiger partial charge < -0.3 is 15.7 Å². The number of amides is 2. The third kappa shape index (κ3) is 6.42. The lowest BCUT2D eigenvalue weighted by Crippen LogP contribution is -2.58. The maximum absolute atomic E-state index is 13.2. The Balaban J connectivity index is 1.84. The zero-order valence-corrected chi connectivity index (χ0v) is 15.0. The molecule has 1 unspecified atom stereocenters. The van der Waals surface area contributed by atoms with Crippen LogP contribution in [0.1, 0.15) is 25.3 Å². The van der Waals surface area contributed by atoms with Gasteiger partial charge in [-0.15, -0.1) is 0 Å². The molecule has 2 amide bonds. The summed E-state index contributed by atoms with van der Waals surface area (Å²) in [5, 5.41) is 13.4. The summed E-state index contributed by atoms with van der Waals surface area (Å²) >= 11 is 0. The molecule has 1 aromatic rings. The minimum absolute atomic E-state index is 0.0131. The van der Waals surface area contributed by atoms with Crippen LogP contribution >= 0.6 is 0 Å². The number of hydrogen-bond acceptors (Lipinski definition) is 3. The summed E-state index contributed by atoms with van der Waals surface area (Å²) in [7, 11) is 0. The molecule has 9 heteroatoms. The van der Waals surface area contributed by atoms with Crippen molar-refractivity contribution in [3.8, 4) is 0 Å². The predicted molar refractivity (Wildman–Crippen MR) is 93.3 cm³/mol. The third-order valence-corrected chi connectivity index (χ3v) is 4.69. The molecule has 0 radical (unpaired) electrons. The third-order valence-electron chi connectivity index (χ3n) is 4.69. The Labute approximate surface area is 155 Å². The first-order chi connectivity index (χ1) is 12.7. The normalized spacial score (nSPS) is 20.6. The molecule has 0 spiro atoms. The smallest absolute Gasteiger partial charge is 0.408 e. The molecule has 1 fully saturated rings. The number of alkyl halides is 3. The SMILES string of the molecule is CCN(CC(=O)O)C1CC(NC(=O)NC(Cc2ccccc2)C(F)(F)F)C1. The van der Waals surface area contributed by atoms with Gasteiger partial charge >= 0.3 is 18.2 Å². The van der Waals surface area contributed by atoms with Crippen LogP contribution in [0.25, 0.3) is 0 Å². The van der Waals surface area contributed by atoms with Crippen LogP contribution in [0.5, 0.6) is 0 Å². The van der Waals surface area contributed by atoms with Gasteiger partial charge in [-0.05, 0) is 24.9 Å². The van der Waals surface area contributed by atoms with Gasteiger partial charge in [0.05, 0.1) is 6.54 Å². The molecule has 1 aromatic carbocycles. The van der Waals surface area contributed by atoms with E-state index in [1.54, 1.807) is 35.2 Å². The number of carbonyl (C=O) groups is 2. The highest BCUT2D eigenvalue weighted by Crippen LogP contribution is 2.26. The molecule has 2 rings (SSSR count). The summed E-state index contributed by atoms with van der Waals surface area (Å²) in [5.74, 6) is -0.931. The summed E-state index contributed by atoms with van der Waals surface area (Å²) in [4.78, 5) is 24.6.